The summed E-state index contributed by atoms with van der Waals surface area (Å²) in [4.78, 5) is 29.7. The Balaban J connectivity index is 2.10. The summed E-state index contributed by atoms with van der Waals surface area (Å²) in [7, 11) is 1.59. The zero-order chi connectivity index (χ0) is 18.7. The second kappa shape index (κ2) is 8.15. The Bertz CT molecular complexity index is 1030. The van der Waals surface area contributed by atoms with Crippen molar-refractivity contribution in [2.75, 3.05) is 13.7 Å². The van der Waals surface area contributed by atoms with E-state index in [0.29, 0.717) is 22.0 Å². The number of halogens is 1. The van der Waals surface area contributed by atoms with E-state index in [-0.39, 0.29) is 18.4 Å². The minimum atomic E-state index is -0.379. The van der Waals surface area contributed by atoms with Crippen LogP contribution in [0.3, 0.4) is 0 Å². The van der Waals surface area contributed by atoms with Gasteiger partial charge in [-0.1, -0.05) is 11.3 Å². The van der Waals surface area contributed by atoms with E-state index < -0.39 is 0 Å². The number of hydrogen-bond acceptors (Lipinski definition) is 6. The van der Waals surface area contributed by atoms with Gasteiger partial charge in [0, 0.05) is 0 Å². The summed E-state index contributed by atoms with van der Waals surface area (Å²) < 4.78 is 13.7. The Morgan fingerprint density at radius 2 is 2.04 bits per heavy atom. The molecule has 3 aromatic rings. The normalized spacial score (nSPS) is 11.7. The summed E-state index contributed by atoms with van der Waals surface area (Å²) in [6.07, 6.45) is 0. The van der Waals surface area contributed by atoms with E-state index in [1.807, 2.05) is 12.1 Å². The average molecular weight is 455 g/mol. The summed E-state index contributed by atoms with van der Waals surface area (Å²) in [5, 5.41) is 0. The van der Waals surface area contributed by atoms with Crippen LogP contribution in [-0.2, 0) is 16.1 Å². The molecule has 0 atom stereocenters. The Morgan fingerprint density at radius 1 is 1.23 bits per heavy atom. The molecule has 3 rings (SSSR count). The molecule has 2 heterocycles. The van der Waals surface area contributed by atoms with Crippen molar-refractivity contribution in [2.45, 2.75) is 13.5 Å². The van der Waals surface area contributed by atoms with Crippen molar-refractivity contribution in [3.63, 3.8) is 0 Å². The lowest BCUT2D eigenvalue weighted by atomic mass is 10.3. The predicted molar refractivity (Wildman–Crippen MR) is 105 cm³/mol. The third-order valence-corrected chi connectivity index (χ3v) is 6.12. The van der Waals surface area contributed by atoms with Crippen LogP contribution in [0.5, 0.6) is 5.75 Å². The molecule has 6 nitrogen and oxygen atoms in total. The topological polar surface area (TPSA) is 69.9 Å². The molecular weight excluding hydrogens is 440 g/mol. The van der Waals surface area contributed by atoms with Gasteiger partial charge in [-0.15, -0.1) is 11.3 Å². The molecule has 0 radical (unpaired) electrons. The van der Waals surface area contributed by atoms with Crippen LogP contribution in [0.1, 0.15) is 16.6 Å². The maximum Gasteiger partial charge on any atom is 0.326 e. The second-order valence-corrected chi connectivity index (χ2v) is 8.60. The Morgan fingerprint density at radius 3 is 2.69 bits per heavy atom. The van der Waals surface area contributed by atoms with Crippen molar-refractivity contribution in [2.24, 2.45) is 4.99 Å². The lowest BCUT2D eigenvalue weighted by Crippen LogP contribution is -2.23. The van der Waals surface area contributed by atoms with Crippen molar-refractivity contribution >= 4 is 60.7 Å². The first kappa shape index (κ1) is 18.8. The Hall–Kier alpha value is -1.97. The predicted octanol–water partition coefficient (Wildman–Crippen LogP) is 3.84. The molecule has 1 aromatic carbocycles. The van der Waals surface area contributed by atoms with Gasteiger partial charge in [0.2, 0.25) is 0 Å². The van der Waals surface area contributed by atoms with Crippen LogP contribution >= 0.6 is 38.6 Å². The van der Waals surface area contributed by atoms with E-state index in [2.05, 4.69) is 20.9 Å². The summed E-state index contributed by atoms with van der Waals surface area (Å²) in [5.74, 6) is -0.0327. The zero-order valence-electron chi connectivity index (χ0n) is 14.0. The van der Waals surface area contributed by atoms with Gasteiger partial charge in [0.1, 0.15) is 12.3 Å². The first-order valence-electron chi connectivity index (χ1n) is 7.69. The lowest BCUT2D eigenvalue weighted by molar-refractivity contribution is -0.143. The summed E-state index contributed by atoms with van der Waals surface area (Å²) >= 11 is 5.98. The molecule has 26 heavy (non-hydrogen) atoms. The number of aromatic nitrogens is 1. The van der Waals surface area contributed by atoms with Crippen LogP contribution in [0.15, 0.2) is 39.1 Å². The highest BCUT2D eigenvalue weighted by Gasteiger charge is 2.14. The van der Waals surface area contributed by atoms with Crippen LogP contribution in [0.2, 0.25) is 0 Å². The number of amides is 1. The molecule has 2 aromatic heterocycles. The van der Waals surface area contributed by atoms with E-state index in [1.54, 1.807) is 36.8 Å². The fourth-order valence-electron chi connectivity index (χ4n) is 2.33. The van der Waals surface area contributed by atoms with Crippen molar-refractivity contribution in [1.82, 2.24) is 4.57 Å². The van der Waals surface area contributed by atoms with Crippen molar-refractivity contribution in [3.05, 3.63) is 43.8 Å². The molecule has 0 saturated heterocycles. The first-order valence-corrected chi connectivity index (χ1v) is 10.1. The fourth-order valence-corrected chi connectivity index (χ4v) is 4.65. The molecule has 0 fully saturated rings. The molecular formula is C17H15BrN2O4S2. The molecule has 136 valence electrons. The highest BCUT2D eigenvalue weighted by Crippen LogP contribution is 2.25. The van der Waals surface area contributed by atoms with E-state index in [1.165, 1.54) is 22.7 Å². The number of nitrogens with zero attached hydrogens (tertiary/aromatic N) is 2. The lowest BCUT2D eigenvalue weighted by Gasteiger charge is -2.05. The second-order valence-electron chi connectivity index (χ2n) is 5.13. The van der Waals surface area contributed by atoms with Gasteiger partial charge >= 0.3 is 5.97 Å². The largest absolute Gasteiger partial charge is 0.497 e. The molecule has 0 aliphatic carbocycles. The standard InChI is InChI=1S/C17H15BrN2O4S2/c1-3-24-15(21)9-20-11-5-4-10(23-2)8-13(11)26-17(20)19-16(22)12-6-7-14(18)25-12/h4-8H,3,9H2,1-2H3. The van der Waals surface area contributed by atoms with Gasteiger partial charge < -0.3 is 14.0 Å². The molecule has 0 bridgehead atoms. The van der Waals surface area contributed by atoms with E-state index in [4.69, 9.17) is 9.47 Å². The van der Waals surface area contributed by atoms with Crippen molar-refractivity contribution in [3.8, 4) is 5.75 Å². The van der Waals surface area contributed by atoms with Gasteiger partial charge in [-0.05, 0) is 53.2 Å². The summed E-state index contributed by atoms with van der Waals surface area (Å²) in [6.45, 7) is 2.03. The van der Waals surface area contributed by atoms with Gasteiger partial charge in [0.15, 0.2) is 4.80 Å². The van der Waals surface area contributed by atoms with Crippen LogP contribution in [0.4, 0.5) is 0 Å². The van der Waals surface area contributed by atoms with Gasteiger partial charge in [0.25, 0.3) is 5.91 Å². The van der Waals surface area contributed by atoms with E-state index in [9.17, 15) is 9.59 Å². The van der Waals surface area contributed by atoms with Gasteiger partial charge in [-0.2, -0.15) is 4.99 Å². The van der Waals surface area contributed by atoms with Crippen LogP contribution in [0, 0.1) is 0 Å². The minimum absolute atomic E-state index is 0.0135. The summed E-state index contributed by atoms with van der Waals surface area (Å²) in [5.41, 5.74) is 0.794. The highest BCUT2D eigenvalue weighted by molar-refractivity contribution is 9.11. The molecule has 0 N–H and O–H groups in total. The third-order valence-electron chi connectivity index (χ3n) is 3.46. The highest BCUT2D eigenvalue weighted by atomic mass is 79.9. The quantitative estimate of drug-likeness (QED) is 0.549. The average Bonchev–Trinajstić information content (AvgIpc) is 3.19. The number of thiazole rings is 1. The maximum atomic E-state index is 12.5. The number of esters is 1. The molecule has 9 heteroatoms. The third kappa shape index (κ3) is 4.05. The van der Waals surface area contributed by atoms with E-state index in [0.717, 1.165) is 14.0 Å². The molecule has 0 unspecified atom stereocenters. The molecule has 0 aliphatic rings. The monoisotopic (exact) mass is 454 g/mol. The zero-order valence-corrected chi connectivity index (χ0v) is 17.2. The van der Waals surface area contributed by atoms with Gasteiger partial charge in [-0.25, -0.2) is 0 Å². The fraction of sp³-hybridized carbons (Fsp3) is 0.235. The van der Waals surface area contributed by atoms with Crippen LogP contribution < -0.4 is 9.54 Å². The number of carbonyl (C=O) groups excluding carboxylic acids is 2. The van der Waals surface area contributed by atoms with Crippen molar-refractivity contribution < 1.29 is 19.1 Å². The maximum absolute atomic E-state index is 12.5. The van der Waals surface area contributed by atoms with E-state index >= 15 is 0 Å². The Kier molecular flexibility index (Phi) is 5.90. The minimum Gasteiger partial charge on any atom is -0.497 e. The smallest absolute Gasteiger partial charge is 0.326 e. The summed E-state index contributed by atoms with van der Waals surface area (Å²) in [6, 6.07) is 9.02. The SMILES string of the molecule is CCOC(=O)Cn1c(=NC(=O)c2ccc(Br)s2)sc2cc(OC)ccc21. The number of methoxy groups -OCH3 is 1. The number of hydrogen-bond donors (Lipinski definition) is 0. The number of ether oxygens (including phenoxy) is 2. The van der Waals surface area contributed by atoms with Crippen LogP contribution in [-0.4, -0.2) is 30.2 Å². The van der Waals surface area contributed by atoms with Crippen LogP contribution in [0.25, 0.3) is 10.2 Å². The number of rotatable bonds is 5. The molecule has 0 spiro atoms. The van der Waals surface area contributed by atoms with Gasteiger partial charge in [0.05, 0.1) is 32.6 Å². The number of carbonyl (C=O) groups is 2. The number of fused-ring (bicyclic) bond motifs is 1. The number of thiophene rings is 1. The first-order chi connectivity index (χ1) is 12.5. The van der Waals surface area contributed by atoms with Gasteiger partial charge in [-0.3, -0.25) is 9.59 Å². The molecule has 1 amide bonds. The number of benzene rings is 1. The Labute approximate surface area is 165 Å². The molecule has 0 aliphatic heterocycles. The van der Waals surface area contributed by atoms with Crippen molar-refractivity contribution in [1.29, 1.82) is 0 Å². The molecule has 0 saturated carbocycles.